The Balaban J connectivity index is 1.94. The molecule has 1 fully saturated rings. The number of thiophene rings is 2. The molecule has 4 N–H and O–H groups in total. The van der Waals surface area contributed by atoms with E-state index >= 15 is 0 Å². The number of nitrogens with zero attached hydrogens (tertiary/aromatic N) is 3. The molecule has 144 valence electrons. The van der Waals surface area contributed by atoms with E-state index in [0.29, 0.717) is 31.9 Å². The van der Waals surface area contributed by atoms with Gasteiger partial charge in [0.15, 0.2) is 0 Å². The molecule has 1 aliphatic rings. The van der Waals surface area contributed by atoms with Gasteiger partial charge in [-0.2, -0.15) is 5.26 Å². The van der Waals surface area contributed by atoms with Crippen LogP contribution in [0.1, 0.15) is 48.3 Å². The summed E-state index contributed by atoms with van der Waals surface area (Å²) in [5, 5.41) is 12.2. The Hall–Kier alpha value is -2.63. The molecular formula is C20H21N5OS2. The highest BCUT2D eigenvalue weighted by molar-refractivity contribution is 7.21. The molecule has 0 unspecified atom stereocenters. The van der Waals surface area contributed by atoms with Gasteiger partial charge in [0.1, 0.15) is 27.2 Å². The Bertz CT molecular complexity index is 1090. The van der Waals surface area contributed by atoms with E-state index in [1.165, 1.54) is 22.7 Å². The van der Waals surface area contributed by atoms with Crippen LogP contribution in [0, 0.1) is 11.3 Å². The van der Waals surface area contributed by atoms with Crippen LogP contribution < -0.4 is 11.5 Å². The average molecular weight is 412 g/mol. The Morgan fingerprint density at radius 1 is 1.32 bits per heavy atom. The van der Waals surface area contributed by atoms with Crippen LogP contribution in [0.15, 0.2) is 17.5 Å². The largest absolute Gasteiger partial charge is 0.397 e. The first-order chi connectivity index (χ1) is 13.4. The molecule has 0 aliphatic carbocycles. The molecule has 1 amide bonds. The number of pyridine rings is 1. The number of hydrogen-bond acceptors (Lipinski definition) is 7. The topological polar surface area (TPSA) is 109 Å². The van der Waals surface area contributed by atoms with Crippen molar-refractivity contribution in [2.75, 3.05) is 11.5 Å². The van der Waals surface area contributed by atoms with Crippen molar-refractivity contribution < 1.29 is 4.79 Å². The number of piperidine rings is 1. The van der Waals surface area contributed by atoms with Crippen LogP contribution >= 0.6 is 22.7 Å². The second kappa shape index (κ2) is 7.08. The maximum atomic E-state index is 13.4. The third-order valence-corrected chi connectivity index (χ3v) is 7.38. The molecule has 0 bridgehead atoms. The van der Waals surface area contributed by atoms with Crippen LogP contribution in [-0.2, 0) is 0 Å². The van der Waals surface area contributed by atoms with Crippen LogP contribution in [0.25, 0.3) is 20.7 Å². The van der Waals surface area contributed by atoms with Gasteiger partial charge in [0.2, 0.25) is 0 Å². The number of nitrogens with two attached hydrogens (primary N) is 2. The Morgan fingerprint density at radius 3 is 2.64 bits per heavy atom. The van der Waals surface area contributed by atoms with Crippen LogP contribution in [0.3, 0.4) is 0 Å². The maximum Gasteiger partial charge on any atom is 0.266 e. The van der Waals surface area contributed by atoms with Gasteiger partial charge in [-0.15, -0.1) is 22.7 Å². The summed E-state index contributed by atoms with van der Waals surface area (Å²) >= 11 is 2.77. The van der Waals surface area contributed by atoms with Gasteiger partial charge in [0.25, 0.3) is 5.91 Å². The number of amides is 1. The van der Waals surface area contributed by atoms with Crippen molar-refractivity contribution in [1.29, 1.82) is 5.26 Å². The summed E-state index contributed by atoms with van der Waals surface area (Å²) in [4.78, 5) is 21.7. The summed E-state index contributed by atoms with van der Waals surface area (Å²) in [6.07, 6.45) is 3.11. The number of nitriles is 1. The summed E-state index contributed by atoms with van der Waals surface area (Å²) in [5.41, 5.74) is 13.9. The van der Waals surface area contributed by atoms with Crippen LogP contribution in [0.4, 0.5) is 11.5 Å². The van der Waals surface area contributed by atoms with Crippen molar-refractivity contribution in [1.82, 2.24) is 9.88 Å². The molecule has 28 heavy (non-hydrogen) atoms. The maximum absolute atomic E-state index is 13.4. The molecule has 0 saturated carbocycles. The molecule has 4 rings (SSSR count). The summed E-state index contributed by atoms with van der Waals surface area (Å²) in [7, 11) is 0. The van der Waals surface area contributed by atoms with E-state index in [1.54, 1.807) is 0 Å². The molecule has 6 nitrogen and oxygen atoms in total. The van der Waals surface area contributed by atoms with Crippen molar-refractivity contribution in [2.24, 2.45) is 0 Å². The first-order valence-electron chi connectivity index (χ1n) is 9.22. The molecule has 3 aromatic rings. The van der Waals surface area contributed by atoms with Crippen LogP contribution in [0.5, 0.6) is 0 Å². The molecule has 1 saturated heterocycles. The molecule has 2 atom stereocenters. The number of fused-ring (bicyclic) bond motifs is 1. The van der Waals surface area contributed by atoms with Crippen LogP contribution in [-0.4, -0.2) is 27.9 Å². The minimum absolute atomic E-state index is 0.0607. The first-order valence-corrected chi connectivity index (χ1v) is 10.9. The lowest BCUT2D eigenvalue weighted by Gasteiger charge is -2.38. The molecule has 3 aromatic heterocycles. The van der Waals surface area contributed by atoms with Crippen LogP contribution in [0.2, 0.25) is 0 Å². The second-order valence-corrected chi connectivity index (χ2v) is 9.15. The Labute approximate surface area is 171 Å². The lowest BCUT2D eigenvalue weighted by atomic mass is 9.97. The van der Waals surface area contributed by atoms with E-state index in [-0.39, 0.29) is 23.8 Å². The summed E-state index contributed by atoms with van der Waals surface area (Å²) in [6, 6.07) is 6.34. The molecule has 0 aromatic carbocycles. The van der Waals surface area contributed by atoms with Gasteiger partial charge >= 0.3 is 0 Å². The Kier molecular flexibility index (Phi) is 4.73. The van der Waals surface area contributed by atoms with Crippen molar-refractivity contribution in [3.63, 3.8) is 0 Å². The van der Waals surface area contributed by atoms with Crippen molar-refractivity contribution in [3.8, 4) is 16.5 Å². The lowest BCUT2D eigenvalue weighted by Crippen LogP contribution is -2.47. The van der Waals surface area contributed by atoms with Gasteiger partial charge < -0.3 is 16.4 Å². The number of carbonyl (C=O) groups is 1. The van der Waals surface area contributed by atoms with E-state index in [2.05, 4.69) is 24.9 Å². The lowest BCUT2D eigenvalue weighted by molar-refractivity contribution is 0.0517. The highest BCUT2D eigenvalue weighted by Gasteiger charge is 2.33. The quantitative estimate of drug-likeness (QED) is 0.647. The predicted molar refractivity (Wildman–Crippen MR) is 115 cm³/mol. The van der Waals surface area contributed by atoms with Crippen molar-refractivity contribution >= 4 is 50.3 Å². The number of rotatable bonds is 2. The van der Waals surface area contributed by atoms with Gasteiger partial charge in [0, 0.05) is 27.9 Å². The van der Waals surface area contributed by atoms with E-state index in [9.17, 15) is 10.1 Å². The molecule has 8 heteroatoms. The Morgan fingerprint density at radius 2 is 2.04 bits per heavy atom. The fraction of sp³-hybridized carbons (Fsp3) is 0.350. The highest BCUT2D eigenvalue weighted by Crippen LogP contribution is 2.44. The van der Waals surface area contributed by atoms with Crippen molar-refractivity contribution in [2.45, 2.75) is 45.2 Å². The fourth-order valence-electron chi connectivity index (χ4n) is 4.05. The number of hydrogen-bond donors (Lipinski definition) is 2. The van der Waals surface area contributed by atoms with Gasteiger partial charge in [-0.3, -0.25) is 4.79 Å². The molecular weight excluding hydrogens is 390 g/mol. The number of nitrogen functional groups attached to an aromatic ring is 2. The van der Waals surface area contributed by atoms with Gasteiger partial charge in [0.05, 0.1) is 5.69 Å². The SMILES string of the molecule is C[C@@H]1CCC[C@@H](C)N1C(=O)c1sc2nc(N)c(C#N)c(-c3cccs3)c2c1N. The van der Waals surface area contributed by atoms with Gasteiger partial charge in [-0.1, -0.05) is 6.07 Å². The first kappa shape index (κ1) is 18.7. The molecule has 1 aliphatic heterocycles. The monoisotopic (exact) mass is 411 g/mol. The molecule has 4 heterocycles. The van der Waals surface area contributed by atoms with Gasteiger partial charge in [-0.05, 0) is 44.6 Å². The van der Waals surface area contributed by atoms with E-state index in [0.717, 1.165) is 24.1 Å². The predicted octanol–water partition coefficient (Wildman–Crippen LogP) is 4.46. The summed E-state index contributed by atoms with van der Waals surface area (Å²) in [6.45, 7) is 4.16. The standard InChI is InChI=1S/C20H21N5OS2/c1-10-5-3-6-11(2)25(10)20(26)17-16(22)15-14(13-7-4-8-27-13)12(9-21)18(23)24-19(15)28-17/h4,7-8,10-11H,3,5-6,22H2,1-2H3,(H2,23,24)/t10-,11-/m1/s1. The normalized spacial score (nSPS) is 19.7. The highest BCUT2D eigenvalue weighted by atomic mass is 32.1. The molecule has 0 radical (unpaired) electrons. The number of aromatic nitrogens is 1. The van der Waals surface area contributed by atoms with E-state index in [4.69, 9.17) is 11.5 Å². The number of likely N-dealkylation sites (tertiary alicyclic amines) is 1. The van der Waals surface area contributed by atoms with Gasteiger partial charge in [-0.25, -0.2) is 4.98 Å². The minimum Gasteiger partial charge on any atom is -0.397 e. The van der Waals surface area contributed by atoms with Crippen molar-refractivity contribution in [3.05, 3.63) is 28.0 Å². The zero-order chi connectivity index (χ0) is 20.0. The fourth-order valence-corrected chi connectivity index (χ4v) is 5.89. The second-order valence-electron chi connectivity index (χ2n) is 7.20. The smallest absolute Gasteiger partial charge is 0.266 e. The minimum atomic E-state index is -0.0607. The third kappa shape index (κ3) is 2.82. The summed E-state index contributed by atoms with van der Waals surface area (Å²) in [5.74, 6) is 0.104. The van der Waals surface area contributed by atoms with E-state index < -0.39 is 0 Å². The zero-order valence-corrected chi connectivity index (χ0v) is 17.4. The zero-order valence-electron chi connectivity index (χ0n) is 15.7. The van der Waals surface area contributed by atoms with E-state index in [1.807, 2.05) is 22.4 Å². The number of anilines is 2. The number of carbonyl (C=O) groups excluding carboxylic acids is 1. The summed E-state index contributed by atoms with van der Waals surface area (Å²) < 4.78 is 0. The average Bonchev–Trinajstić information content (AvgIpc) is 3.29. The molecule has 0 spiro atoms. The third-order valence-electron chi connectivity index (χ3n) is 5.41.